The summed E-state index contributed by atoms with van der Waals surface area (Å²) in [5, 5.41) is 18.7. The molecule has 0 saturated carbocycles. The topological polar surface area (TPSA) is 84.7 Å². The predicted molar refractivity (Wildman–Crippen MR) is 91.4 cm³/mol. The summed E-state index contributed by atoms with van der Waals surface area (Å²) in [6, 6.07) is 12.2. The van der Waals surface area contributed by atoms with Gasteiger partial charge >= 0.3 is 0 Å². The van der Waals surface area contributed by atoms with E-state index >= 15 is 0 Å². The van der Waals surface area contributed by atoms with Gasteiger partial charge in [-0.15, -0.1) is 10.2 Å². The minimum absolute atomic E-state index is 0.145. The third-order valence-corrected chi connectivity index (χ3v) is 3.46. The summed E-state index contributed by atoms with van der Waals surface area (Å²) >= 11 is 5.79. The highest BCUT2D eigenvalue weighted by Crippen LogP contribution is 2.09. The van der Waals surface area contributed by atoms with Gasteiger partial charge in [0.1, 0.15) is 5.82 Å². The van der Waals surface area contributed by atoms with Crippen LogP contribution in [0.1, 0.15) is 10.4 Å². The van der Waals surface area contributed by atoms with E-state index in [1.165, 1.54) is 0 Å². The molecule has 2 heterocycles. The fourth-order valence-corrected chi connectivity index (χ4v) is 2.14. The molecule has 0 saturated heterocycles. The van der Waals surface area contributed by atoms with E-state index in [2.05, 4.69) is 25.9 Å². The van der Waals surface area contributed by atoms with E-state index in [4.69, 9.17) is 11.6 Å². The Kier molecular flexibility index (Phi) is 5.02. The molecule has 3 aromatic rings. The largest absolute Gasteiger partial charge is 0.367 e. The number of amides is 1. The molecule has 0 aliphatic rings. The van der Waals surface area contributed by atoms with Crippen molar-refractivity contribution in [1.29, 1.82) is 0 Å². The molecule has 3 rings (SSSR count). The first-order chi connectivity index (χ1) is 11.7. The first-order valence-electron chi connectivity index (χ1n) is 7.34. The van der Waals surface area contributed by atoms with Crippen LogP contribution in [0.3, 0.4) is 0 Å². The first kappa shape index (κ1) is 15.9. The SMILES string of the molecule is O=C(NCCNc1ccc(-n2cccn2)nn1)c1ccc(Cl)cc1. The number of hydrogen-bond donors (Lipinski definition) is 2. The summed E-state index contributed by atoms with van der Waals surface area (Å²) in [7, 11) is 0. The highest BCUT2D eigenvalue weighted by Gasteiger charge is 2.04. The quantitative estimate of drug-likeness (QED) is 0.670. The maximum absolute atomic E-state index is 11.9. The second-order valence-electron chi connectivity index (χ2n) is 4.92. The third-order valence-electron chi connectivity index (χ3n) is 3.21. The Hall–Kier alpha value is -2.93. The minimum Gasteiger partial charge on any atom is -0.367 e. The van der Waals surface area contributed by atoms with Gasteiger partial charge in [-0.25, -0.2) is 4.68 Å². The summed E-state index contributed by atoms with van der Waals surface area (Å²) in [6.07, 6.45) is 3.47. The molecule has 8 heteroatoms. The van der Waals surface area contributed by atoms with Crippen LogP contribution in [0.25, 0.3) is 5.82 Å². The molecule has 0 aliphatic heterocycles. The lowest BCUT2D eigenvalue weighted by atomic mass is 10.2. The van der Waals surface area contributed by atoms with Crippen LogP contribution in [-0.2, 0) is 0 Å². The zero-order valence-electron chi connectivity index (χ0n) is 12.7. The lowest BCUT2D eigenvalue weighted by Gasteiger charge is -2.07. The summed E-state index contributed by atoms with van der Waals surface area (Å²) in [6.45, 7) is 0.999. The van der Waals surface area contributed by atoms with Crippen LogP contribution < -0.4 is 10.6 Å². The van der Waals surface area contributed by atoms with Gasteiger partial charge in [-0.3, -0.25) is 4.79 Å². The number of halogens is 1. The van der Waals surface area contributed by atoms with Crippen LogP contribution in [-0.4, -0.2) is 39.0 Å². The molecule has 0 bridgehead atoms. The molecule has 0 unspecified atom stereocenters. The van der Waals surface area contributed by atoms with Crippen LogP contribution in [0, 0.1) is 0 Å². The molecule has 122 valence electrons. The second-order valence-corrected chi connectivity index (χ2v) is 5.35. The smallest absolute Gasteiger partial charge is 0.251 e. The van der Waals surface area contributed by atoms with Crippen molar-refractivity contribution in [2.45, 2.75) is 0 Å². The molecular weight excluding hydrogens is 328 g/mol. The van der Waals surface area contributed by atoms with Crippen LogP contribution in [0.4, 0.5) is 5.82 Å². The summed E-state index contributed by atoms with van der Waals surface area (Å²) in [4.78, 5) is 11.9. The van der Waals surface area contributed by atoms with E-state index in [0.29, 0.717) is 35.3 Å². The summed E-state index contributed by atoms with van der Waals surface area (Å²) in [5.74, 6) is 1.13. The molecule has 1 amide bonds. The van der Waals surface area contributed by atoms with Crippen molar-refractivity contribution in [2.75, 3.05) is 18.4 Å². The number of nitrogens with one attached hydrogen (secondary N) is 2. The van der Waals surface area contributed by atoms with Gasteiger partial charge < -0.3 is 10.6 Å². The predicted octanol–water partition coefficient (Wildman–Crippen LogP) is 2.16. The lowest BCUT2D eigenvalue weighted by molar-refractivity contribution is 0.0955. The summed E-state index contributed by atoms with van der Waals surface area (Å²) < 4.78 is 1.63. The van der Waals surface area contributed by atoms with Gasteiger partial charge in [-0.05, 0) is 42.5 Å². The number of anilines is 1. The standard InChI is InChI=1S/C16H15ClN6O/c17-13-4-2-12(3-5-13)16(24)19-10-9-18-14-6-7-15(22-21-14)23-11-1-8-20-23/h1-8,11H,9-10H2,(H,18,21)(H,19,24). The van der Waals surface area contributed by atoms with E-state index in [0.717, 1.165) is 0 Å². The number of carbonyl (C=O) groups is 1. The molecule has 0 spiro atoms. The Labute approximate surface area is 143 Å². The van der Waals surface area contributed by atoms with Crippen molar-refractivity contribution in [2.24, 2.45) is 0 Å². The van der Waals surface area contributed by atoms with Crippen molar-refractivity contribution in [3.8, 4) is 5.82 Å². The maximum atomic E-state index is 11.9. The van der Waals surface area contributed by atoms with Crippen LogP contribution in [0.5, 0.6) is 0 Å². The van der Waals surface area contributed by atoms with Crippen molar-refractivity contribution < 1.29 is 4.79 Å². The minimum atomic E-state index is -0.145. The fraction of sp³-hybridized carbons (Fsp3) is 0.125. The normalized spacial score (nSPS) is 10.4. The van der Waals surface area contributed by atoms with Gasteiger partial charge in [-0.1, -0.05) is 11.6 Å². The zero-order valence-corrected chi connectivity index (χ0v) is 13.4. The Bertz CT molecular complexity index is 786. The molecule has 24 heavy (non-hydrogen) atoms. The van der Waals surface area contributed by atoms with Crippen LogP contribution in [0.2, 0.25) is 5.02 Å². The molecule has 0 fully saturated rings. The van der Waals surface area contributed by atoms with Crippen molar-refractivity contribution in [1.82, 2.24) is 25.3 Å². The maximum Gasteiger partial charge on any atom is 0.251 e. The number of hydrogen-bond acceptors (Lipinski definition) is 5. The average molecular weight is 343 g/mol. The average Bonchev–Trinajstić information content (AvgIpc) is 3.14. The first-order valence-corrected chi connectivity index (χ1v) is 7.71. The molecule has 1 aromatic carbocycles. The van der Waals surface area contributed by atoms with E-state index in [1.807, 2.05) is 18.2 Å². The Morgan fingerprint density at radius 1 is 1.08 bits per heavy atom. The number of carbonyl (C=O) groups excluding carboxylic acids is 1. The van der Waals surface area contributed by atoms with Gasteiger partial charge in [0.05, 0.1) is 0 Å². The zero-order chi connectivity index (χ0) is 16.8. The highest BCUT2D eigenvalue weighted by molar-refractivity contribution is 6.30. The highest BCUT2D eigenvalue weighted by atomic mass is 35.5. The van der Waals surface area contributed by atoms with E-state index in [1.54, 1.807) is 41.3 Å². The third kappa shape index (κ3) is 4.08. The number of rotatable bonds is 6. The molecule has 0 aliphatic carbocycles. The molecule has 7 nitrogen and oxygen atoms in total. The summed E-state index contributed by atoms with van der Waals surface area (Å²) in [5.41, 5.74) is 0.572. The number of nitrogens with zero attached hydrogens (tertiary/aromatic N) is 4. The molecular formula is C16H15ClN6O. The Balaban J connectivity index is 1.45. The molecule has 2 N–H and O–H groups in total. The monoisotopic (exact) mass is 342 g/mol. The van der Waals surface area contributed by atoms with Gasteiger partial charge in [0.15, 0.2) is 5.82 Å². The van der Waals surface area contributed by atoms with Crippen molar-refractivity contribution >= 4 is 23.3 Å². The lowest BCUT2D eigenvalue weighted by Crippen LogP contribution is -2.28. The van der Waals surface area contributed by atoms with Crippen molar-refractivity contribution in [3.63, 3.8) is 0 Å². The molecule has 0 atom stereocenters. The molecule has 2 aromatic heterocycles. The van der Waals surface area contributed by atoms with Crippen LogP contribution >= 0.6 is 11.6 Å². The van der Waals surface area contributed by atoms with Gasteiger partial charge in [0.25, 0.3) is 5.91 Å². The van der Waals surface area contributed by atoms with E-state index in [-0.39, 0.29) is 5.91 Å². The van der Waals surface area contributed by atoms with Crippen molar-refractivity contribution in [3.05, 3.63) is 65.4 Å². The Morgan fingerprint density at radius 2 is 1.92 bits per heavy atom. The molecule has 0 radical (unpaired) electrons. The Morgan fingerprint density at radius 3 is 2.58 bits per heavy atom. The second kappa shape index (κ2) is 7.56. The number of aromatic nitrogens is 4. The van der Waals surface area contributed by atoms with E-state index < -0.39 is 0 Å². The van der Waals surface area contributed by atoms with Gasteiger partial charge in [0, 0.05) is 36.1 Å². The van der Waals surface area contributed by atoms with E-state index in [9.17, 15) is 4.79 Å². The van der Waals surface area contributed by atoms with Gasteiger partial charge in [0.2, 0.25) is 0 Å². The number of benzene rings is 1. The van der Waals surface area contributed by atoms with Gasteiger partial charge in [-0.2, -0.15) is 5.10 Å². The fourth-order valence-electron chi connectivity index (χ4n) is 2.02. The van der Waals surface area contributed by atoms with Crippen LogP contribution in [0.15, 0.2) is 54.9 Å².